The van der Waals surface area contributed by atoms with Gasteiger partial charge in [0.2, 0.25) is 5.91 Å². The van der Waals surface area contributed by atoms with Crippen molar-refractivity contribution >= 4 is 11.9 Å². The number of likely N-dealkylation sites (N-methyl/N-ethyl adjacent to an activating group) is 1. The zero-order valence-corrected chi connectivity index (χ0v) is 18.3. The predicted molar refractivity (Wildman–Crippen MR) is 116 cm³/mol. The summed E-state index contributed by atoms with van der Waals surface area (Å²) in [5.74, 6) is -0.00820. The highest BCUT2D eigenvalue weighted by Gasteiger charge is 2.38. The average molecular weight is 410 g/mol. The number of nitrogens with one attached hydrogen (secondary N) is 1. The van der Waals surface area contributed by atoms with Gasteiger partial charge in [-0.3, -0.25) is 4.79 Å². The number of carbonyl (C=O) groups excluding carboxylic acids is 2. The van der Waals surface area contributed by atoms with Crippen molar-refractivity contribution in [1.82, 2.24) is 24.9 Å². The van der Waals surface area contributed by atoms with Crippen LogP contribution in [0.3, 0.4) is 0 Å². The lowest BCUT2D eigenvalue weighted by Crippen LogP contribution is -2.58. The Kier molecular flexibility index (Phi) is 5.40. The quantitative estimate of drug-likeness (QED) is 0.846. The third-order valence-electron chi connectivity index (χ3n) is 6.04. The SMILES string of the molecule is CN1CCc2c(c(-c3ccccc3)nn2C(=O)N[C@H](C(=O)N2CCC2)C(C)(C)C)C1. The molecular weight excluding hydrogens is 378 g/mol. The van der Waals surface area contributed by atoms with E-state index in [1.54, 1.807) is 0 Å². The number of rotatable bonds is 3. The number of amides is 2. The molecule has 2 aromatic rings. The lowest BCUT2D eigenvalue weighted by atomic mass is 9.85. The first kappa shape index (κ1) is 20.6. The van der Waals surface area contributed by atoms with Crippen LogP contribution in [0, 0.1) is 5.41 Å². The molecule has 0 bridgehead atoms. The Labute approximate surface area is 178 Å². The van der Waals surface area contributed by atoms with E-state index in [0.717, 1.165) is 61.5 Å². The van der Waals surface area contributed by atoms with Crippen LogP contribution in [0.5, 0.6) is 0 Å². The summed E-state index contributed by atoms with van der Waals surface area (Å²) in [5.41, 5.74) is 3.48. The Bertz CT molecular complexity index is 940. The fraction of sp³-hybridized carbons (Fsp3) is 0.522. The van der Waals surface area contributed by atoms with Crippen LogP contribution in [0.15, 0.2) is 30.3 Å². The molecule has 1 aromatic heterocycles. The summed E-state index contributed by atoms with van der Waals surface area (Å²) < 4.78 is 1.49. The van der Waals surface area contributed by atoms with Crippen LogP contribution in [0.2, 0.25) is 0 Å². The number of benzene rings is 1. The molecule has 7 nitrogen and oxygen atoms in total. The monoisotopic (exact) mass is 409 g/mol. The Morgan fingerprint density at radius 2 is 1.80 bits per heavy atom. The van der Waals surface area contributed by atoms with Crippen LogP contribution in [-0.2, 0) is 17.8 Å². The molecule has 1 fully saturated rings. The Balaban J connectivity index is 1.67. The first-order valence-electron chi connectivity index (χ1n) is 10.7. The van der Waals surface area contributed by atoms with Crippen LogP contribution in [0.1, 0.15) is 38.4 Å². The molecule has 7 heteroatoms. The van der Waals surface area contributed by atoms with E-state index >= 15 is 0 Å². The largest absolute Gasteiger partial charge is 0.343 e. The van der Waals surface area contributed by atoms with Crippen molar-refractivity contribution < 1.29 is 9.59 Å². The topological polar surface area (TPSA) is 70.5 Å². The summed E-state index contributed by atoms with van der Waals surface area (Å²) in [6.07, 6.45) is 1.77. The number of likely N-dealkylation sites (tertiary alicyclic amines) is 1. The Morgan fingerprint density at radius 3 is 2.40 bits per heavy atom. The molecule has 1 N–H and O–H groups in total. The highest BCUT2D eigenvalue weighted by Crippen LogP contribution is 2.30. The average Bonchev–Trinajstić information content (AvgIpc) is 3.03. The van der Waals surface area contributed by atoms with Gasteiger partial charge in [-0.15, -0.1) is 0 Å². The van der Waals surface area contributed by atoms with E-state index in [9.17, 15) is 9.59 Å². The highest BCUT2D eigenvalue weighted by atomic mass is 16.2. The fourth-order valence-electron chi connectivity index (χ4n) is 4.10. The van der Waals surface area contributed by atoms with Crippen molar-refractivity contribution in [3.63, 3.8) is 0 Å². The second-order valence-electron chi connectivity index (χ2n) is 9.47. The van der Waals surface area contributed by atoms with E-state index < -0.39 is 11.5 Å². The summed E-state index contributed by atoms with van der Waals surface area (Å²) in [5, 5.41) is 7.73. The van der Waals surface area contributed by atoms with E-state index in [1.165, 1.54) is 4.68 Å². The van der Waals surface area contributed by atoms with Crippen molar-refractivity contribution in [2.45, 2.75) is 46.2 Å². The van der Waals surface area contributed by atoms with Crippen molar-refractivity contribution in [3.05, 3.63) is 41.6 Å². The minimum atomic E-state index is -0.586. The van der Waals surface area contributed by atoms with Crippen molar-refractivity contribution in [1.29, 1.82) is 0 Å². The predicted octanol–water partition coefficient (Wildman–Crippen LogP) is 2.74. The molecular formula is C23H31N5O2. The maximum absolute atomic E-state index is 13.3. The van der Waals surface area contributed by atoms with E-state index in [4.69, 9.17) is 5.10 Å². The van der Waals surface area contributed by atoms with Crippen LogP contribution < -0.4 is 5.32 Å². The highest BCUT2D eigenvalue weighted by molar-refractivity contribution is 5.89. The molecule has 30 heavy (non-hydrogen) atoms. The van der Waals surface area contributed by atoms with Gasteiger partial charge in [-0.05, 0) is 18.9 Å². The molecule has 0 spiro atoms. The molecule has 0 unspecified atom stereocenters. The van der Waals surface area contributed by atoms with Gasteiger partial charge in [0.25, 0.3) is 0 Å². The lowest BCUT2D eigenvalue weighted by Gasteiger charge is -2.38. The van der Waals surface area contributed by atoms with Gasteiger partial charge in [0.05, 0.1) is 11.4 Å². The van der Waals surface area contributed by atoms with E-state index in [-0.39, 0.29) is 11.9 Å². The zero-order valence-electron chi connectivity index (χ0n) is 18.3. The van der Waals surface area contributed by atoms with Crippen LogP contribution in [0.25, 0.3) is 11.3 Å². The summed E-state index contributed by atoms with van der Waals surface area (Å²) in [4.78, 5) is 30.4. The standard InChI is InChI=1S/C23H31N5O2/c1-23(2,3)20(21(29)27-12-8-13-27)24-22(30)28-18-11-14-26(4)15-17(18)19(25-28)16-9-6-5-7-10-16/h5-7,9-10,20H,8,11-15H2,1-4H3,(H,24,30)/t20-/m1/s1. The molecule has 0 saturated carbocycles. The van der Waals surface area contributed by atoms with Gasteiger partial charge in [-0.25, -0.2) is 4.79 Å². The van der Waals surface area contributed by atoms with E-state index in [0.29, 0.717) is 0 Å². The lowest BCUT2D eigenvalue weighted by molar-refractivity contribution is -0.139. The molecule has 1 aromatic carbocycles. The number of fused-ring (bicyclic) bond motifs is 1. The zero-order chi connectivity index (χ0) is 21.5. The molecule has 2 amide bonds. The maximum Gasteiger partial charge on any atom is 0.343 e. The number of nitrogens with zero attached hydrogens (tertiary/aromatic N) is 4. The van der Waals surface area contributed by atoms with Crippen molar-refractivity contribution in [2.75, 3.05) is 26.7 Å². The number of carbonyl (C=O) groups is 2. The minimum Gasteiger partial charge on any atom is -0.341 e. The molecule has 0 aliphatic carbocycles. The molecule has 2 aliphatic rings. The summed E-state index contributed by atoms with van der Waals surface area (Å²) in [7, 11) is 2.08. The molecule has 4 rings (SSSR count). The fourth-order valence-corrected chi connectivity index (χ4v) is 4.10. The number of hydrogen-bond acceptors (Lipinski definition) is 4. The number of aromatic nitrogens is 2. The maximum atomic E-state index is 13.3. The van der Waals surface area contributed by atoms with Gasteiger partial charge in [0.1, 0.15) is 6.04 Å². The van der Waals surface area contributed by atoms with Gasteiger partial charge in [0.15, 0.2) is 0 Å². The third-order valence-corrected chi connectivity index (χ3v) is 6.04. The van der Waals surface area contributed by atoms with Crippen molar-refractivity contribution in [2.24, 2.45) is 5.41 Å². The van der Waals surface area contributed by atoms with Gasteiger partial charge in [-0.2, -0.15) is 9.78 Å². The summed E-state index contributed by atoms with van der Waals surface area (Å²) in [6, 6.07) is 9.06. The van der Waals surface area contributed by atoms with Gasteiger partial charge < -0.3 is 15.1 Å². The second kappa shape index (κ2) is 7.87. The molecule has 0 radical (unpaired) electrons. The van der Waals surface area contributed by atoms with E-state index in [2.05, 4.69) is 17.3 Å². The molecule has 1 saturated heterocycles. The van der Waals surface area contributed by atoms with Crippen LogP contribution in [0.4, 0.5) is 4.79 Å². The van der Waals surface area contributed by atoms with Gasteiger partial charge in [-0.1, -0.05) is 51.1 Å². The molecule has 1 atom stereocenters. The van der Waals surface area contributed by atoms with Crippen LogP contribution in [-0.4, -0.2) is 64.2 Å². The second-order valence-corrected chi connectivity index (χ2v) is 9.47. The van der Waals surface area contributed by atoms with Crippen LogP contribution >= 0.6 is 0 Å². The first-order valence-corrected chi connectivity index (χ1v) is 10.7. The first-order chi connectivity index (χ1) is 14.3. The summed E-state index contributed by atoms with van der Waals surface area (Å²) >= 11 is 0. The third kappa shape index (κ3) is 3.86. The normalized spacial score (nSPS) is 17.8. The van der Waals surface area contributed by atoms with Gasteiger partial charge >= 0.3 is 6.03 Å². The molecule has 160 valence electrons. The molecule has 3 heterocycles. The molecule has 2 aliphatic heterocycles. The number of hydrogen-bond donors (Lipinski definition) is 1. The minimum absolute atomic E-state index is 0.00820. The van der Waals surface area contributed by atoms with E-state index in [1.807, 2.05) is 56.0 Å². The van der Waals surface area contributed by atoms with Crippen molar-refractivity contribution in [3.8, 4) is 11.3 Å². The van der Waals surface area contributed by atoms with Gasteiger partial charge in [0, 0.05) is 43.7 Å². The Hall–Kier alpha value is -2.67. The summed E-state index contributed by atoms with van der Waals surface area (Å²) in [6.45, 7) is 9.11. The Morgan fingerprint density at radius 1 is 1.10 bits per heavy atom. The smallest absolute Gasteiger partial charge is 0.341 e.